The summed E-state index contributed by atoms with van der Waals surface area (Å²) in [6, 6.07) is 8.19. The van der Waals surface area contributed by atoms with Crippen molar-refractivity contribution in [3.05, 3.63) is 47.5 Å². The first-order valence-electron chi connectivity index (χ1n) is 12.0. The number of rotatable bonds is 12. The number of hydrogen-bond acceptors (Lipinski definition) is 6. The number of aryl methyl sites for hydroxylation is 1. The maximum absolute atomic E-state index is 12.2. The van der Waals surface area contributed by atoms with Crippen LogP contribution in [0.1, 0.15) is 69.8 Å². The van der Waals surface area contributed by atoms with Gasteiger partial charge < -0.3 is 19.1 Å². The first-order valence-corrected chi connectivity index (χ1v) is 12.0. The number of benzene rings is 1. The van der Waals surface area contributed by atoms with Crippen LogP contribution in [-0.4, -0.2) is 38.9 Å². The molecule has 0 aliphatic carbocycles. The van der Waals surface area contributed by atoms with E-state index in [1.165, 1.54) is 5.56 Å². The van der Waals surface area contributed by atoms with E-state index >= 15 is 0 Å². The number of ether oxygens (including phenoxy) is 2. The van der Waals surface area contributed by atoms with Gasteiger partial charge in [-0.2, -0.15) is 0 Å². The molecule has 1 aromatic carbocycles. The number of imidazole rings is 1. The molecule has 8 heteroatoms. The van der Waals surface area contributed by atoms with Gasteiger partial charge in [0, 0.05) is 36.6 Å². The zero-order valence-corrected chi connectivity index (χ0v) is 20.2. The number of aliphatic carboxylic acids is 1. The molecule has 0 amide bonds. The van der Waals surface area contributed by atoms with Gasteiger partial charge in [-0.05, 0) is 37.3 Å². The second-order valence-corrected chi connectivity index (χ2v) is 9.07. The van der Waals surface area contributed by atoms with Gasteiger partial charge in [-0.25, -0.2) is 4.98 Å². The number of carbonyl (C=O) groups is 3. The van der Waals surface area contributed by atoms with Gasteiger partial charge in [0.2, 0.25) is 6.29 Å². The Balaban J connectivity index is 1.51. The largest absolute Gasteiger partial charge is 0.481 e. The summed E-state index contributed by atoms with van der Waals surface area (Å²) >= 11 is 0. The van der Waals surface area contributed by atoms with E-state index in [0.29, 0.717) is 25.7 Å². The van der Waals surface area contributed by atoms with E-state index in [0.717, 1.165) is 29.9 Å². The van der Waals surface area contributed by atoms with Crippen molar-refractivity contribution in [3.63, 3.8) is 0 Å². The predicted molar refractivity (Wildman–Crippen MR) is 125 cm³/mol. The van der Waals surface area contributed by atoms with Crippen LogP contribution >= 0.6 is 0 Å². The highest BCUT2D eigenvalue weighted by atomic mass is 16.7. The first-order chi connectivity index (χ1) is 16.3. The Bertz CT molecular complexity index is 1010. The zero-order valence-electron chi connectivity index (χ0n) is 20.2. The summed E-state index contributed by atoms with van der Waals surface area (Å²) in [5.74, 6) is -2.44. The van der Waals surface area contributed by atoms with Gasteiger partial charge in [0.15, 0.2) is 0 Å². The molecule has 1 aromatic heterocycles. The molecule has 2 atom stereocenters. The van der Waals surface area contributed by atoms with E-state index in [4.69, 9.17) is 9.47 Å². The molecule has 2 heterocycles. The van der Waals surface area contributed by atoms with Crippen molar-refractivity contribution < 1.29 is 29.0 Å². The van der Waals surface area contributed by atoms with Gasteiger partial charge in [0.1, 0.15) is 0 Å². The Labute approximate surface area is 200 Å². The Morgan fingerprint density at radius 3 is 2.53 bits per heavy atom. The van der Waals surface area contributed by atoms with Crippen LogP contribution in [0, 0.1) is 11.8 Å². The molecule has 0 spiro atoms. The Morgan fingerprint density at radius 1 is 1.09 bits per heavy atom. The number of hydrogen-bond donors (Lipinski definition) is 1. The lowest BCUT2D eigenvalue weighted by atomic mass is 9.93. The second kappa shape index (κ2) is 11.8. The number of carbonyl (C=O) groups excluding carboxylic acids is 2. The summed E-state index contributed by atoms with van der Waals surface area (Å²) in [5.41, 5.74) is 4.29. The Morgan fingerprint density at radius 2 is 1.82 bits per heavy atom. The zero-order chi connectivity index (χ0) is 24.7. The fourth-order valence-corrected chi connectivity index (χ4v) is 4.17. The number of fused-ring (bicyclic) bond motifs is 3. The minimum atomic E-state index is -0.899. The van der Waals surface area contributed by atoms with E-state index < -0.39 is 30.1 Å². The van der Waals surface area contributed by atoms with Crippen LogP contribution in [0.15, 0.2) is 30.6 Å². The minimum absolute atomic E-state index is 0.149. The summed E-state index contributed by atoms with van der Waals surface area (Å²) < 4.78 is 12.5. The number of aromatic nitrogens is 2. The molecule has 2 aromatic rings. The van der Waals surface area contributed by atoms with Crippen LogP contribution in [0.3, 0.4) is 0 Å². The lowest BCUT2D eigenvalue weighted by molar-refractivity contribution is -0.195. The number of carboxylic acids is 1. The predicted octanol–water partition coefficient (Wildman–Crippen LogP) is 4.25. The van der Waals surface area contributed by atoms with Gasteiger partial charge in [-0.15, -0.1) is 0 Å². The number of carboxylic acid groups (broad SMARTS) is 1. The lowest BCUT2D eigenvalue weighted by Crippen LogP contribution is -2.29. The summed E-state index contributed by atoms with van der Waals surface area (Å²) in [5, 5.41) is 9.76. The molecule has 0 radical (unpaired) electrons. The average Bonchev–Trinajstić information content (AvgIpc) is 3.23. The van der Waals surface area contributed by atoms with Crippen molar-refractivity contribution in [2.45, 2.75) is 78.4 Å². The molecule has 34 heavy (non-hydrogen) atoms. The van der Waals surface area contributed by atoms with Gasteiger partial charge in [-0.3, -0.25) is 14.4 Å². The monoisotopic (exact) mass is 470 g/mol. The maximum Gasteiger partial charge on any atom is 0.308 e. The smallest absolute Gasteiger partial charge is 0.308 e. The second-order valence-electron chi connectivity index (χ2n) is 9.07. The Kier molecular flexibility index (Phi) is 8.85. The van der Waals surface area contributed by atoms with Crippen molar-refractivity contribution in [1.82, 2.24) is 9.55 Å². The highest BCUT2D eigenvalue weighted by molar-refractivity contribution is 5.71. The number of nitrogens with zero attached hydrogens (tertiary/aromatic N) is 2. The average molecular weight is 471 g/mol. The van der Waals surface area contributed by atoms with E-state index in [1.807, 2.05) is 26.0 Å². The summed E-state index contributed by atoms with van der Waals surface area (Å²) in [7, 11) is 0. The van der Waals surface area contributed by atoms with Crippen LogP contribution < -0.4 is 0 Å². The maximum atomic E-state index is 12.2. The molecule has 0 saturated heterocycles. The molecule has 184 valence electrons. The third kappa shape index (κ3) is 6.46. The molecule has 1 N–H and O–H groups in total. The summed E-state index contributed by atoms with van der Waals surface area (Å²) in [4.78, 5) is 40.1. The standard InChI is InChI=1S/C26H34N2O6/c1-4-23(29)33-26(17(2)3)34-24(30)12-8-6-10-19(25(31)32)15-20-22-14-13-18-9-5-7-11-21(18)28(22)16-27-20/h5,7,9,11,16-17,19,26H,4,6,8,10,12-15H2,1-3H3,(H,31,32)/t19-,26?/m0/s1. The molecule has 0 fully saturated rings. The highest BCUT2D eigenvalue weighted by Gasteiger charge is 2.25. The molecule has 8 nitrogen and oxygen atoms in total. The van der Waals surface area contributed by atoms with Gasteiger partial charge in [-0.1, -0.05) is 45.4 Å². The van der Waals surface area contributed by atoms with Crippen LogP contribution in [0.4, 0.5) is 0 Å². The molecule has 0 bridgehead atoms. The molecular formula is C26H34N2O6. The molecule has 0 saturated carbocycles. The van der Waals surface area contributed by atoms with Crippen LogP contribution in [0.25, 0.3) is 5.69 Å². The number of unbranched alkanes of at least 4 members (excludes halogenated alkanes) is 1. The normalized spacial score (nSPS) is 14.1. The van der Waals surface area contributed by atoms with E-state index in [-0.39, 0.29) is 18.8 Å². The van der Waals surface area contributed by atoms with Gasteiger partial charge in [0.05, 0.1) is 17.9 Å². The Hall–Kier alpha value is -3.16. The fraction of sp³-hybridized carbons (Fsp3) is 0.538. The molecule has 1 aliphatic heterocycles. The number of esters is 2. The number of para-hydroxylation sites is 1. The lowest BCUT2D eigenvalue weighted by Gasteiger charge is -2.21. The SMILES string of the molecule is CCC(=O)OC(OC(=O)CCCC[C@@H](Cc1ncn2c1CCc1ccccc1-2)C(=O)O)C(C)C. The molecule has 3 rings (SSSR count). The van der Waals surface area contributed by atoms with E-state index in [2.05, 4.69) is 21.7 Å². The van der Waals surface area contributed by atoms with E-state index in [1.54, 1.807) is 13.3 Å². The highest BCUT2D eigenvalue weighted by Crippen LogP contribution is 2.28. The van der Waals surface area contributed by atoms with Crippen LogP contribution in [-0.2, 0) is 43.1 Å². The first kappa shape index (κ1) is 25.5. The molecule has 1 unspecified atom stereocenters. The fourth-order valence-electron chi connectivity index (χ4n) is 4.17. The topological polar surface area (TPSA) is 108 Å². The van der Waals surface area contributed by atoms with Crippen LogP contribution in [0.5, 0.6) is 0 Å². The molecule has 1 aliphatic rings. The van der Waals surface area contributed by atoms with Crippen molar-refractivity contribution in [1.29, 1.82) is 0 Å². The van der Waals surface area contributed by atoms with Gasteiger partial charge in [0.25, 0.3) is 0 Å². The molecular weight excluding hydrogens is 436 g/mol. The van der Waals surface area contributed by atoms with Crippen molar-refractivity contribution in [2.75, 3.05) is 0 Å². The summed E-state index contributed by atoms with van der Waals surface area (Å²) in [6.07, 6.45) is 4.90. The van der Waals surface area contributed by atoms with Gasteiger partial charge >= 0.3 is 17.9 Å². The van der Waals surface area contributed by atoms with Crippen molar-refractivity contribution in [3.8, 4) is 5.69 Å². The minimum Gasteiger partial charge on any atom is -0.481 e. The van der Waals surface area contributed by atoms with Crippen molar-refractivity contribution >= 4 is 17.9 Å². The van der Waals surface area contributed by atoms with E-state index in [9.17, 15) is 19.5 Å². The third-order valence-electron chi connectivity index (χ3n) is 6.14. The third-order valence-corrected chi connectivity index (χ3v) is 6.14. The van der Waals surface area contributed by atoms with Crippen LogP contribution in [0.2, 0.25) is 0 Å². The summed E-state index contributed by atoms with van der Waals surface area (Å²) in [6.45, 7) is 5.30. The van der Waals surface area contributed by atoms with Crippen molar-refractivity contribution in [2.24, 2.45) is 11.8 Å². The quantitative estimate of drug-likeness (QED) is 0.281.